The predicted molar refractivity (Wildman–Crippen MR) is 120 cm³/mol. The van der Waals surface area contributed by atoms with Gasteiger partial charge in [0.25, 0.3) is 0 Å². The van der Waals surface area contributed by atoms with Gasteiger partial charge in [0.1, 0.15) is 5.54 Å². The zero-order chi connectivity index (χ0) is 23.9. The number of hydrogen-bond acceptors (Lipinski definition) is 8. The smallest absolute Gasteiger partial charge is 0.408 e. The summed E-state index contributed by atoms with van der Waals surface area (Å²) in [5, 5.41) is 7.08. The van der Waals surface area contributed by atoms with Crippen molar-refractivity contribution in [2.24, 2.45) is 0 Å². The van der Waals surface area contributed by atoms with Crippen molar-refractivity contribution in [3.05, 3.63) is 40.5 Å². The molecule has 1 saturated carbocycles. The second-order valence-corrected chi connectivity index (χ2v) is 10.9. The van der Waals surface area contributed by atoms with Gasteiger partial charge in [-0.15, -0.1) is 0 Å². The van der Waals surface area contributed by atoms with Gasteiger partial charge in [-0.05, 0) is 37.8 Å². The Labute approximate surface area is 196 Å². The molecular formula is C22H27N5O6S. The summed E-state index contributed by atoms with van der Waals surface area (Å²) in [4.78, 5) is 29.7. The lowest BCUT2D eigenvalue weighted by atomic mass is 9.96. The zero-order valence-corrected chi connectivity index (χ0v) is 19.8. The number of nitrogens with one attached hydrogen (secondary N) is 1. The summed E-state index contributed by atoms with van der Waals surface area (Å²) in [7, 11) is -3.63. The molecule has 0 spiro atoms. The maximum Gasteiger partial charge on any atom is 0.419 e. The number of aryl methyl sites for hydroxylation is 2. The van der Waals surface area contributed by atoms with E-state index in [9.17, 15) is 18.0 Å². The van der Waals surface area contributed by atoms with Crippen molar-refractivity contribution in [1.29, 1.82) is 0 Å². The monoisotopic (exact) mass is 489 g/mol. The van der Waals surface area contributed by atoms with Crippen LogP contribution in [0.2, 0.25) is 0 Å². The summed E-state index contributed by atoms with van der Waals surface area (Å²) in [5.74, 6) is 0.0494. The van der Waals surface area contributed by atoms with Crippen LogP contribution in [-0.2, 0) is 26.9 Å². The number of carbonyl (C=O) groups is 1. The van der Waals surface area contributed by atoms with Gasteiger partial charge in [-0.2, -0.15) is 9.29 Å². The average Bonchev–Trinajstić information content (AvgIpc) is 3.59. The van der Waals surface area contributed by atoms with E-state index in [2.05, 4.69) is 15.5 Å². The highest BCUT2D eigenvalue weighted by Gasteiger charge is 2.41. The topological polar surface area (TPSA) is 141 Å². The second kappa shape index (κ2) is 8.66. The van der Waals surface area contributed by atoms with Crippen LogP contribution in [0, 0.1) is 6.92 Å². The van der Waals surface area contributed by atoms with Crippen molar-refractivity contribution >= 4 is 27.0 Å². The molecular weight excluding hydrogens is 462 g/mol. The lowest BCUT2D eigenvalue weighted by Crippen LogP contribution is -2.45. The molecule has 5 rings (SSSR count). The summed E-state index contributed by atoms with van der Waals surface area (Å²) in [5.41, 5.74) is -0.0281. The number of carbonyl (C=O) groups excluding carboxylic acids is 1. The minimum absolute atomic E-state index is 0.0426. The van der Waals surface area contributed by atoms with Crippen LogP contribution in [0.25, 0.3) is 11.1 Å². The van der Waals surface area contributed by atoms with Crippen LogP contribution >= 0.6 is 0 Å². The van der Waals surface area contributed by atoms with Gasteiger partial charge in [0.2, 0.25) is 21.8 Å². The fourth-order valence-corrected chi connectivity index (χ4v) is 6.45. The van der Waals surface area contributed by atoms with Crippen molar-refractivity contribution in [3.8, 4) is 0 Å². The number of nitrogens with zero attached hydrogens (tertiary/aromatic N) is 4. The molecule has 2 aromatic heterocycles. The molecule has 0 atom stereocenters. The molecule has 1 saturated heterocycles. The molecule has 1 aliphatic carbocycles. The summed E-state index contributed by atoms with van der Waals surface area (Å²) in [6.07, 6.45) is 5.05. The Morgan fingerprint density at radius 1 is 1.18 bits per heavy atom. The maximum atomic E-state index is 12.8. The van der Waals surface area contributed by atoms with Gasteiger partial charge in [0.15, 0.2) is 11.4 Å². The molecule has 3 heterocycles. The van der Waals surface area contributed by atoms with Crippen molar-refractivity contribution in [2.45, 2.75) is 68.8 Å². The van der Waals surface area contributed by atoms with Crippen molar-refractivity contribution < 1.29 is 22.2 Å². The minimum atomic E-state index is -3.63. The van der Waals surface area contributed by atoms with Crippen LogP contribution in [-0.4, -0.2) is 46.4 Å². The molecule has 2 fully saturated rings. The van der Waals surface area contributed by atoms with Crippen molar-refractivity contribution in [1.82, 2.24) is 24.3 Å². The Hall–Kier alpha value is -2.99. The number of hydrogen-bond donors (Lipinski definition) is 1. The molecule has 182 valence electrons. The van der Waals surface area contributed by atoms with E-state index < -0.39 is 21.3 Å². The third kappa shape index (κ3) is 4.05. The van der Waals surface area contributed by atoms with Crippen molar-refractivity contribution in [3.63, 3.8) is 0 Å². The second-order valence-electron chi connectivity index (χ2n) is 8.98. The molecule has 0 unspecified atom stereocenters. The fourth-order valence-electron chi connectivity index (χ4n) is 4.92. The van der Waals surface area contributed by atoms with Crippen LogP contribution in [0.5, 0.6) is 0 Å². The largest absolute Gasteiger partial charge is 0.419 e. The van der Waals surface area contributed by atoms with E-state index >= 15 is 0 Å². The summed E-state index contributed by atoms with van der Waals surface area (Å²) >= 11 is 0. The number of fused-ring (bicyclic) bond motifs is 1. The zero-order valence-electron chi connectivity index (χ0n) is 18.9. The van der Waals surface area contributed by atoms with E-state index in [1.165, 1.54) is 21.0 Å². The third-order valence-corrected chi connectivity index (χ3v) is 8.59. The molecule has 1 amide bonds. The Morgan fingerprint density at radius 2 is 1.91 bits per heavy atom. The lowest BCUT2D eigenvalue weighted by Gasteiger charge is -2.26. The summed E-state index contributed by atoms with van der Waals surface area (Å²) < 4.78 is 38.9. The van der Waals surface area contributed by atoms with Crippen LogP contribution < -0.4 is 11.1 Å². The molecule has 34 heavy (non-hydrogen) atoms. The molecule has 2 aliphatic rings. The van der Waals surface area contributed by atoms with E-state index in [-0.39, 0.29) is 29.4 Å². The SMILES string of the molecule is Cc1nc(C2(NC(=O)CCn3c(=O)oc4cc(S(=O)(=O)N5CCCC5)ccc43)CCCC2)no1. The first-order valence-corrected chi connectivity index (χ1v) is 13.0. The first-order valence-electron chi connectivity index (χ1n) is 11.5. The van der Waals surface area contributed by atoms with Crippen LogP contribution in [0.15, 0.2) is 36.8 Å². The number of oxazole rings is 1. The Bertz CT molecular complexity index is 1380. The van der Waals surface area contributed by atoms with E-state index in [4.69, 9.17) is 8.94 Å². The standard InChI is InChI=1S/C22H27N5O6S/c1-15-23-20(25-33-15)22(9-2-3-10-22)24-19(28)8-13-27-17-7-6-16(14-18(17)32-21(27)29)34(30,31)26-11-4-5-12-26/h6-7,14H,2-5,8-13H2,1H3,(H,24,28). The number of aromatic nitrogens is 3. The number of rotatable bonds is 7. The van der Waals surface area contributed by atoms with E-state index in [1.54, 1.807) is 13.0 Å². The van der Waals surface area contributed by atoms with Gasteiger partial charge in [0.05, 0.1) is 10.4 Å². The van der Waals surface area contributed by atoms with E-state index in [0.29, 0.717) is 30.3 Å². The number of benzene rings is 1. The maximum absolute atomic E-state index is 12.8. The molecule has 3 aromatic rings. The van der Waals surface area contributed by atoms with Gasteiger partial charge < -0.3 is 14.3 Å². The molecule has 11 nitrogen and oxygen atoms in total. The lowest BCUT2D eigenvalue weighted by molar-refractivity contribution is -0.123. The minimum Gasteiger partial charge on any atom is -0.408 e. The van der Waals surface area contributed by atoms with E-state index in [0.717, 1.165) is 38.5 Å². The highest BCUT2D eigenvalue weighted by Crippen LogP contribution is 2.37. The molecule has 1 aliphatic heterocycles. The van der Waals surface area contributed by atoms with Gasteiger partial charge in [-0.3, -0.25) is 9.36 Å². The van der Waals surface area contributed by atoms with Crippen LogP contribution in [0.3, 0.4) is 0 Å². The van der Waals surface area contributed by atoms with E-state index in [1.807, 2.05) is 0 Å². The molecule has 0 bridgehead atoms. The molecule has 1 N–H and O–H groups in total. The molecule has 12 heteroatoms. The van der Waals surface area contributed by atoms with Crippen LogP contribution in [0.1, 0.15) is 56.7 Å². The van der Waals surface area contributed by atoms with Crippen molar-refractivity contribution in [2.75, 3.05) is 13.1 Å². The summed E-state index contributed by atoms with van der Waals surface area (Å²) in [6.45, 7) is 2.78. The predicted octanol–water partition coefficient (Wildman–Crippen LogP) is 2.05. The number of sulfonamides is 1. The molecule has 1 aromatic carbocycles. The number of amides is 1. The first-order chi connectivity index (χ1) is 16.3. The van der Waals surface area contributed by atoms with Gasteiger partial charge in [0, 0.05) is 39.0 Å². The highest BCUT2D eigenvalue weighted by molar-refractivity contribution is 7.89. The van der Waals surface area contributed by atoms with Gasteiger partial charge in [-0.25, -0.2) is 13.2 Å². The molecule has 0 radical (unpaired) electrons. The average molecular weight is 490 g/mol. The normalized spacial score (nSPS) is 18.6. The highest BCUT2D eigenvalue weighted by atomic mass is 32.2. The fraction of sp³-hybridized carbons (Fsp3) is 0.545. The van der Waals surface area contributed by atoms with Gasteiger partial charge in [-0.1, -0.05) is 18.0 Å². The summed E-state index contributed by atoms with van der Waals surface area (Å²) in [6, 6.07) is 4.42. The Morgan fingerprint density at radius 3 is 2.59 bits per heavy atom. The Balaban J connectivity index is 1.32. The third-order valence-electron chi connectivity index (χ3n) is 6.70. The Kier molecular flexibility index (Phi) is 5.80. The van der Waals surface area contributed by atoms with Gasteiger partial charge >= 0.3 is 5.76 Å². The first kappa shape index (κ1) is 22.8. The quantitative estimate of drug-likeness (QED) is 0.532. The van der Waals surface area contributed by atoms with Crippen LogP contribution in [0.4, 0.5) is 0 Å².